The van der Waals surface area contributed by atoms with Crippen molar-refractivity contribution in [2.75, 3.05) is 12.0 Å². The van der Waals surface area contributed by atoms with Crippen molar-refractivity contribution in [2.45, 2.75) is 52.9 Å². The maximum atomic E-state index is 5.80. The summed E-state index contributed by atoms with van der Waals surface area (Å²) in [6.07, 6.45) is 7.92. The molecule has 0 saturated carbocycles. The topological polar surface area (TPSA) is 26.0 Å². The molecule has 0 radical (unpaired) electrons. The van der Waals surface area contributed by atoms with Crippen LogP contribution in [0.5, 0.6) is 0 Å². The first-order chi connectivity index (χ1) is 13.7. The number of fused-ring (bicyclic) bond motifs is 1. The van der Waals surface area contributed by atoms with Gasteiger partial charge in [0, 0.05) is 10.6 Å². The quantitative estimate of drug-likeness (QED) is 0.319. The fourth-order valence-electron chi connectivity index (χ4n) is 3.62. The highest BCUT2D eigenvalue weighted by Crippen LogP contribution is 2.32. The molecule has 0 unspecified atom stereocenters. The molecular formula is C27H35NS. The van der Waals surface area contributed by atoms with Crippen molar-refractivity contribution in [3.63, 3.8) is 0 Å². The van der Waals surface area contributed by atoms with Crippen molar-refractivity contribution < 1.29 is 0 Å². The fraction of sp³-hybridized carbons (Fsp3) is 0.333. The van der Waals surface area contributed by atoms with Crippen LogP contribution in [-0.2, 0) is 12.8 Å². The summed E-state index contributed by atoms with van der Waals surface area (Å²) in [7, 11) is 0. The Labute approximate surface area is 181 Å². The number of rotatable bonds is 4. The van der Waals surface area contributed by atoms with Crippen LogP contribution in [0.15, 0.2) is 55.6 Å². The highest BCUT2D eigenvalue weighted by molar-refractivity contribution is 8.07. The number of benzene rings is 2. The van der Waals surface area contributed by atoms with E-state index in [-0.39, 0.29) is 0 Å². The molecule has 0 saturated heterocycles. The molecule has 1 nitrogen and oxygen atoms in total. The summed E-state index contributed by atoms with van der Waals surface area (Å²) in [5.74, 6) is 0. The number of hydrogen-bond donors (Lipinski definition) is 1. The Morgan fingerprint density at radius 2 is 1.72 bits per heavy atom. The van der Waals surface area contributed by atoms with Gasteiger partial charge in [0.15, 0.2) is 0 Å². The van der Waals surface area contributed by atoms with E-state index in [1.54, 1.807) is 11.8 Å². The Balaban J connectivity index is 0.000000212. The van der Waals surface area contributed by atoms with E-state index in [9.17, 15) is 0 Å². The minimum Gasteiger partial charge on any atom is -0.399 e. The van der Waals surface area contributed by atoms with E-state index < -0.39 is 0 Å². The number of thioether (sulfide) groups is 1. The van der Waals surface area contributed by atoms with Crippen molar-refractivity contribution in [2.24, 2.45) is 0 Å². The highest BCUT2D eigenvalue weighted by Gasteiger charge is 2.12. The molecule has 2 heteroatoms. The van der Waals surface area contributed by atoms with Crippen LogP contribution in [-0.4, -0.2) is 6.26 Å². The molecule has 154 valence electrons. The molecule has 0 bridgehead atoms. The van der Waals surface area contributed by atoms with E-state index in [0.29, 0.717) is 0 Å². The minimum absolute atomic E-state index is 0.878. The first kappa shape index (κ1) is 23.1. The van der Waals surface area contributed by atoms with Crippen molar-refractivity contribution in [3.8, 4) is 0 Å². The van der Waals surface area contributed by atoms with Crippen LogP contribution in [0.1, 0.15) is 59.6 Å². The van der Waals surface area contributed by atoms with E-state index in [0.717, 1.165) is 29.0 Å². The predicted molar refractivity (Wildman–Crippen MR) is 134 cm³/mol. The van der Waals surface area contributed by atoms with Crippen LogP contribution in [0.25, 0.3) is 10.5 Å². The van der Waals surface area contributed by atoms with Gasteiger partial charge in [0.2, 0.25) is 0 Å². The zero-order valence-electron chi connectivity index (χ0n) is 18.5. The smallest absolute Gasteiger partial charge is 0.0346 e. The standard InChI is InChI=1S/C15H18S.C12H17N/c1-11-6-4-5-7-13-8-9-14(10-15(11)13)12(2)16-3;1-8(2)5-11-6-10(4)12(13)7-9(11)3/h8-10H,1-2,4-7H2,3H3;6-7H,1,5,13H2,2-4H3. The zero-order valence-corrected chi connectivity index (χ0v) is 19.3. The Kier molecular flexibility index (Phi) is 8.40. The molecule has 1 aliphatic carbocycles. The van der Waals surface area contributed by atoms with Crippen LogP contribution in [0.3, 0.4) is 0 Å². The van der Waals surface area contributed by atoms with E-state index in [4.69, 9.17) is 5.73 Å². The normalized spacial score (nSPS) is 13.0. The van der Waals surface area contributed by atoms with E-state index in [2.05, 4.69) is 57.2 Å². The third-order valence-corrected chi connectivity index (χ3v) is 6.18. The molecule has 2 N–H and O–H groups in total. The lowest BCUT2D eigenvalue weighted by Crippen LogP contribution is -1.96. The van der Waals surface area contributed by atoms with Crippen molar-refractivity contribution in [1.82, 2.24) is 0 Å². The number of nitrogen functional groups attached to an aromatic ring is 1. The fourth-order valence-corrected chi connectivity index (χ4v) is 3.98. The summed E-state index contributed by atoms with van der Waals surface area (Å²) in [6.45, 7) is 18.4. The van der Waals surface area contributed by atoms with Gasteiger partial charge in [-0.15, -0.1) is 11.8 Å². The van der Waals surface area contributed by atoms with Crippen molar-refractivity contribution in [1.29, 1.82) is 0 Å². The number of aryl methyl sites for hydroxylation is 3. The zero-order chi connectivity index (χ0) is 21.6. The second kappa shape index (κ2) is 10.5. The van der Waals surface area contributed by atoms with Gasteiger partial charge >= 0.3 is 0 Å². The van der Waals surface area contributed by atoms with Gasteiger partial charge in [-0.3, -0.25) is 0 Å². The maximum Gasteiger partial charge on any atom is 0.0346 e. The average molecular weight is 406 g/mol. The van der Waals surface area contributed by atoms with E-state index in [1.807, 2.05) is 19.9 Å². The molecule has 0 atom stereocenters. The molecule has 2 aromatic carbocycles. The third kappa shape index (κ3) is 6.40. The molecule has 0 amide bonds. The SMILES string of the molecule is C=C(C)Cc1cc(C)c(N)cc1C.C=C(SC)c1ccc2c(c1)C(=C)CCCC2. The summed E-state index contributed by atoms with van der Waals surface area (Å²) in [5, 5.41) is 0. The van der Waals surface area contributed by atoms with E-state index >= 15 is 0 Å². The van der Waals surface area contributed by atoms with Gasteiger partial charge in [0.1, 0.15) is 0 Å². The predicted octanol–water partition coefficient (Wildman–Crippen LogP) is 7.76. The molecule has 0 aliphatic heterocycles. The first-order valence-corrected chi connectivity index (χ1v) is 11.5. The largest absolute Gasteiger partial charge is 0.399 e. The summed E-state index contributed by atoms with van der Waals surface area (Å²) < 4.78 is 0. The molecule has 0 spiro atoms. The first-order valence-electron chi connectivity index (χ1n) is 10.3. The number of anilines is 1. The monoisotopic (exact) mass is 405 g/mol. The Morgan fingerprint density at radius 1 is 1.03 bits per heavy atom. The lowest BCUT2D eigenvalue weighted by Gasteiger charge is -2.11. The highest BCUT2D eigenvalue weighted by atomic mass is 32.2. The van der Waals surface area contributed by atoms with Crippen molar-refractivity contribution >= 4 is 27.9 Å². The Morgan fingerprint density at radius 3 is 2.38 bits per heavy atom. The molecule has 1 aliphatic rings. The lowest BCUT2D eigenvalue weighted by atomic mass is 9.97. The van der Waals surface area contributed by atoms with Crippen LogP contribution < -0.4 is 5.73 Å². The summed E-state index contributed by atoms with van der Waals surface area (Å²) >= 11 is 1.71. The van der Waals surface area contributed by atoms with Crippen LogP contribution in [0.2, 0.25) is 0 Å². The molecule has 0 aromatic heterocycles. The van der Waals surface area contributed by atoms with Crippen LogP contribution in [0, 0.1) is 13.8 Å². The molecule has 2 aromatic rings. The minimum atomic E-state index is 0.878. The van der Waals surface area contributed by atoms with Gasteiger partial charge in [-0.05, 0) is 110 Å². The molecule has 0 fully saturated rings. The van der Waals surface area contributed by atoms with Gasteiger partial charge in [0.05, 0.1) is 0 Å². The second-order valence-electron chi connectivity index (χ2n) is 8.08. The second-order valence-corrected chi connectivity index (χ2v) is 8.98. The number of allylic oxidation sites excluding steroid dienone is 2. The molecule has 3 rings (SSSR count). The van der Waals surface area contributed by atoms with Gasteiger partial charge in [-0.2, -0.15) is 0 Å². The summed E-state index contributed by atoms with van der Waals surface area (Å²) in [5.41, 5.74) is 17.0. The summed E-state index contributed by atoms with van der Waals surface area (Å²) in [4.78, 5) is 1.14. The third-order valence-electron chi connectivity index (χ3n) is 5.45. The Hall–Kier alpha value is -2.19. The maximum absolute atomic E-state index is 5.80. The average Bonchev–Trinajstić information content (AvgIpc) is 2.87. The molecule has 0 heterocycles. The van der Waals surface area contributed by atoms with Gasteiger partial charge in [-0.25, -0.2) is 0 Å². The van der Waals surface area contributed by atoms with Gasteiger partial charge < -0.3 is 5.73 Å². The molecular weight excluding hydrogens is 370 g/mol. The Bertz CT molecular complexity index is 920. The van der Waals surface area contributed by atoms with Gasteiger partial charge in [0.25, 0.3) is 0 Å². The number of nitrogens with two attached hydrogens (primary N) is 1. The molecule has 29 heavy (non-hydrogen) atoms. The summed E-state index contributed by atoms with van der Waals surface area (Å²) in [6, 6.07) is 10.9. The van der Waals surface area contributed by atoms with Crippen molar-refractivity contribution in [3.05, 3.63) is 89.0 Å². The van der Waals surface area contributed by atoms with Gasteiger partial charge in [-0.1, -0.05) is 43.5 Å². The van der Waals surface area contributed by atoms with Crippen LogP contribution >= 0.6 is 11.8 Å². The van der Waals surface area contributed by atoms with E-state index in [1.165, 1.54) is 58.2 Å². The number of hydrogen-bond acceptors (Lipinski definition) is 2. The lowest BCUT2D eigenvalue weighted by molar-refractivity contribution is 0.771. The van der Waals surface area contributed by atoms with Crippen LogP contribution in [0.4, 0.5) is 5.69 Å².